The zero-order valence-electron chi connectivity index (χ0n) is 12.3. The molecule has 0 aromatic heterocycles. The molecule has 0 spiro atoms. The van der Waals surface area contributed by atoms with Gasteiger partial charge in [0.15, 0.2) is 0 Å². The number of benzene rings is 3. The lowest BCUT2D eigenvalue weighted by molar-refractivity contribution is -0.137. The standard InChI is InChI=1S/C19H12F3IO/c20-19(21,22)13-9-11-14(12-10-13)24-18-8-4-2-6-16(18)15-5-1-3-7-17(15)23/h1-12H. The van der Waals surface area contributed by atoms with Gasteiger partial charge in [0.2, 0.25) is 0 Å². The van der Waals surface area contributed by atoms with E-state index in [-0.39, 0.29) is 0 Å². The van der Waals surface area contributed by atoms with E-state index in [9.17, 15) is 13.2 Å². The molecule has 0 amide bonds. The van der Waals surface area contributed by atoms with Crippen LogP contribution in [0.25, 0.3) is 11.1 Å². The molecule has 5 heteroatoms. The van der Waals surface area contributed by atoms with Gasteiger partial charge in [0.05, 0.1) is 5.56 Å². The summed E-state index contributed by atoms with van der Waals surface area (Å²) in [6.07, 6.45) is -4.35. The normalized spacial score (nSPS) is 11.3. The Morgan fingerprint density at radius 3 is 1.92 bits per heavy atom. The molecule has 0 fully saturated rings. The molecular weight excluding hydrogens is 428 g/mol. The first-order valence-corrected chi connectivity index (χ1v) is 8.22. The molecule has 0 bridgehead atoms. The van der Waals surface area contributed by atoms with E-state index in [4.69, 9.17) is 4.74 Å². The number of hydrogen-bond acceptors (Lipinski definition) is 1. The smallest absolute Gasteiger partial charge is 0.416 e. The van der Waals surface area contributed by atoms with E-state index < -0.39 is 11.7 Å². The summed E-state index contributed by atoms with van der Waals surface area (Å²) in [4.78, 5) is 0. The first-order chi connectivity index (χ1) is 11.4. The summed E-state index contributed by atoms with van der Waals surface area (Å²) < 4.78 is 44.8. The van der Waals surface area contributed by atoms with Gasteiger partial charge in [-0.25, -0.2) is 0 Å². The highest BCUT2D eigenvalue weighted by Gasteiger charge is 2.30. The van der Waals surface area contributed by atoms with Gasteiger partial charge in [-0.05, 0) is 64.6 Å². The number of alkyl halides is 3. The third-order valence-corrected chi connectivity index (χ3v) is 4.40. The minimum atomic E-state index is -4.35. The molecule has 0 aliphatic heterocycles. The third kappa shape index (κ3) is 3.72. The van der Waals surface area contributed by atoms with Crippen molar-refractivity contribution in [2.45, 2.75) is 6.18 Å². The Morgan fingerprint density at radius 2 is 1.29 bits per heavy atom. The van der Waals surface area contributed by atoms with E-state index >= 15 is 0 Å². The molecule has 3 aromatic rings. The van der Waals surface area contributed by atoms with Crippen LogP contribution in [-0.4, -0.2) is 0 Å². The molecule has 1 nitrogen and oxygen atoms in total. The largest absolute Gasteiger partial charge is 0.457 e. The van der Waals surface area contributed by atoms with Gasteiger partial charge in [-0.3, -0.25) is 0 Å². The molecule has 0 radical (unpaired) electrons. The maximum atomic E-state index is 12.6. The number of hydrogen-bond donors (Lipinski definition) is 0. The molecule has 0 N–H and O–H groups in total. The van der Waals surface area contributed by atoms with Crippen LogP contribution in [0, 0.1) is 3.57 Å². The lowest BCUT2D eigenvalue weighted by atomic mass is 10.0. The molecule has 0 aliphatic carbocycles. The van der Waals surface area contributed by atoms with Crippen LogP contribution in [0.15, 0.2) is 72.8 Å². The van der Waals surface area contributed by atoms with Gasteiger partial charge in [0, 0.05) is 9.13 Å². The van der Waals surface area contributed by atoms with Crippen LogP contribution in [0.4, 0.5) is 13.2 Å². The predicted molar refractivity (Wildman–Crippen MR) is 96.1 cm³/mol. The minimum absolute atomic E-state index is 0.362. The van der Waals surface area contributed by atoms with Gasteiger partial charge in [-0.1, -0.05) is 36.4 Å². The van der Waals surface area contributed by atoms with Gasteiger partial charge in [0.1, 0.15) is 11.5 Å². The summed E-state index contributed by atoms with van der Waals surface area (Å²) in [7, 11) is 0. The highest BCUT2D eigenvalue weighted by atomic mass is 127. The molecule has 0 aliphatic rings. The van der Waals surface area contributed by atoms with E-state index in [0.717, 1.165) is 26.8 Å². The first-order valence-electron chi connectivity index (χ1n) is 7.14. The number of ether oxygens (including phenoxy) is 1. The fourth-order valence-corrected chi connectivity index (χ4v) is 2.97. The van der Waals surface area contributed by atoms with Crippen molar-refractivity contribution in [3.63, 3.8) is 0 Å². The van der Waals surface area contributed by atoms with Gasteiger partial charge in [0.25, 0.3) is 0 Å². The quantitative estimate of drug-likeness (QED) is 0.409. The van der Waals surface area contributed by atoms with Crippen LogP contribution >= 0.6 is 22.6 Å². The molecule has 0 atom stereocenters. The van der Waals surface area contributed by atoms with Crippen molar-refractivity contribution >= 4 is 22.6 Å². The topological polar surface area (TPSA) is 9.23 Å². The highest BCUT2D eigenvalue weighted by molar-refractivity contribution is 14.1. The first kappa shape index (κ1) is 16.8. The lowest BCUT2D eigenvalue weighted by Gasteiger charge is -2.13. The van der Waals surface area contributed by atoms with Crippen LogP contribution in [0.1, 0.15) is 5.56 Å². The second kappa shape index (κ2) is 6.84. The molecule has 0 saturated carbocycles. The molecule has 24 heavy (non-hydrogen) atoms. The second-order valence-corrected chi connectivity index (χ2v) is 6.26. The third-order valence-electron chi connectivity index (χ3n) is 3.46. The van der Waals surface area contributed by atoms with Gasteiger partial charge >= 0.3 is 6.18 Å². The summed E-state index contributed by atoms with van der Waals surface area (Å²) in [5.74, 6) is 0.961. The summed E-state index contributed by atoms with van der Waals surface area (Å²) in [5.41, 5.74) is 1.21. The van der Waals surface area contributed by atoms with Crippen molar-refractivity contribution in [2.75, 3.05) is 0 Å². The van der Waals surface area contributed by atoms with Crippen molar-refractivity contribution in [2.24, 2.45) is 0 Å². The number of halogens is 4. The zero-order chi connectivity index (χ0) is 17.2. The molecule has 122 valence electrons. The van der Waals surface area contributed by atoms with E-state index in [2.05, 4.69) is 22.6 Å². The van der Waals surface area contributed by atoms with E-state index in [1.807, 2.05) is 42.5 Å². The fourth-order valence-electron chi connectivity index (χ4n) is 2.30. The van der Waals surface area contributed by atoms with Crippen molar-refractivity contribution in [1.29, 1.82) is 0 Å². The molecule has 0 heterocycles. The van der Waals surface area contributed by atoms with Crippen LogP contribution < -0.4 is 4.74 Å². The average molecular weight is 440 g/mol. The maximum absolute atomic E-state index is 12.6. The summed E-state index contributed by atoms with van der Waals surface area (Å²) in [5, 5.41) is 0. The minimum Gasteiger partial charge on any atom is -0.457 e. The van der Waals surface area contributed by atoms with Crippen molar-refractivity contribution in [1.82, 2.24) is 0 Å². The van der Waals surface area contributed by atoms with Gasteiger partial charge in [-0.15, -0.1) is 0 Å². The number of rotatable bonds is 3. The summed E-state index contributed by atoms with van der Waals surface area (Å²) >= 11 is 2.24. The molecule has 0 saturated heterocycles. The van der Waals surface area contributed by atoms with Crippen LogP contribution in [0.3, 0.4) is 0 Å². The average Bonchev–Trinajstić information content (AvgIpc) is 2.56. The number of para-hydroxylation sites is 1. The SMILES string of the molecule is FC(F)(F)c1ccc(Oc2ccccc2-c2ccccc2I)cc1. The predicted octanol–water partition coefficient (Wildman–Crippen LogP) is 6.77. The Kier molecular flexibility index (Phi) is 4.80. The van der Waals surface area contributed by atoms with E-state index in [1.165, 1.54) is 12.1 Å². The Morgan fingerprint density at radius 1 is 0.708 bits per heavy atom. The van der Waals surface area contributed by atoms with E-state index in [0.29, 0.717) is 11.5 Å². The fraction of sp³-hybridized carbons (Fsp3) is 0.0526. The molecule has 3 rings (SSSR count). The molecule has 0 unspecified atom stereocenters. The van der Waals surface area contributed by atoms with Crippen molar-refractivity contribution in [3.05, 3.63) is 81.9 Å². The molecular formula is C19H12F3IO. The Labute approximate surface area is 151 Å². The zero-order valence-corrected chi connectivity index (χ0v) is 14.5. The van der Waals surface area contributed by atoms with Crippen molar-refractivity contribution in [3.8, 4) is 22.6 Å². The lowest BCUT2D eigenvalue weighted by Crippen LogP contribution is -2.04. The Bertz CT molecular complexity index is 842. The van der Waals surface area contributed by atoms with Gasteiger partial charge in [-0.2, -0.15) is 13.2 Å². The Balaban J connectivity index is 1.93. The molecule has 3 aromatic carbocycles. The van der Waals surface area contributed by atoms with Crippen LogP contribution in [0.2, 0.25) is 0 Å². The second-order valence-electron chi connectivity index (χ2n) is 5.10. The van der Waals surface area contributed by atoms with E-state index in [1.54, 1.807) is 6.07 Å². The summed E-state index contributed by atoms with van der Waals surface area (Å²) in [6, 6.07) is 20.0. The van der Waals surface area contributed by atoms with Crippen LogP contribution in [-0.2, 0) is 6.18 Å². The van der Waals surface area contributed by atoms with Crippen molar-refractivity contribution < 1.29 is 17.9 Å². The Hall–Kier alpha value is -2.02. The van der Waals surface area contributed by atoms with Crippen LogP contribution in [0.5, 0.6) is 11.5 Å². The van der Waals surface area contributed by atoms with Gasteiger partial charge < -0.3 is 4.74 Å². The monoisotopic (exact) mass is 440 g/mol. The highest BCUT2D eigenvalue weighted by Crippen LogP contribution is 2.36. The maximum Gasteiger partial charge on any atom is 0.416 e. The summed E-state index contributed by atoms with van der Waals surface area (Å²) in [6.45, 7) is 0.